The Bertz CT molecular complexity index is 4650. The van der Waals surface area contributed by atoms with Gasteiger partial charge in [-0.1, -0.05) is 143 Å². The largest absolute Gasteiger partial charge is 0.481 e. The lowest BCUT2D eigenvalue weighted by atomic mass is 9.99. The molecule has 1 aliphatic rings. The predicted molar refractivity (Wildman–Crippen MR) is 434 cm³/mol. The fraction of sp³-hybridized carbons (Fsp3) is 0.412. The zero-order valence-electron chi connectivity index (χ0n) is 64.6. The second-order valence-electron chi connectivity index (χ2n) is 28.6. The van der Waals surface area contributed by atoms with E-state index in [0.717, 1.165) is 22.5 Å². The van der Waals surface area contributed by atoms with Gasteiger partial charge in [-0.3, -0.25) is 72.5 Å². The Morgan fingerprint density at radius 2 is 1.02 bits per heavy atom. The van der Waals surface area contributed by atoms with E-state index in [1.165, 1.54) is 0 Å². The zero-order chi connectivity index (χ0) is 84.0. The van der Waals surface area contributed by atoms with Crippen LogP contribution >= 0.6 is 11.8 Å². The molecule has 0 aliphatic carbocycles. The number of nitrogens with two attached hydrogens (primary N) is 3. The van der Waals surface area contributed by atoms with Gasteiger partial charge in [-0.15, -0.1) is 11.8 Å². The topological polar surface area (TPSA) is 569 Å². The number of H-pyrrole nitrogens is 2. The third kappa shape index (κ3) is 26.6. The average molecular weight is 1620 g/mol. The van der Waals surface area contributed by atoms with Crippen molar-refractivity contribution in [1.82, 2.24) is 79.1 Å². The normalized spacial score (nSPS) is 22.4. The molecule has 0 unspecified atom stereocenters. The summed E-state index contributed by atoms with van der Waals surface area (Å²) in [5, 5.41) is 65.3. The smallest absolute Gasteiger partial charge is 0.305 e. The third-order valence-electron chi connectivity index (χ3n) is 19.4. The molecular weight excluding hydrogens is 1520 g/mol. The molecule has 35 nitrogen and oxygen atoms in total. The van der Waals surface area contributed by atoms with E-state index in [0.29, 0.717) is 57.8 Å². The Labute approximate surface area is 672 Å². The molecule has 7 aromatic rings. The Morgan fingerprint density at radius 1 is 0.517 bits per heavy atom. The number of para-hydroxylation sites is 2. The van der Waals surface area contributed by atoms with E-state index in [4.69, 9.17) is 22.6 Å². The lowest BCUT2D eigenvalue weighted by Crippen LogP contribution is -2.60. The maximum Gasteiger partial charge on any atom is 0.305 e. The van der Waals surface area contributed by atoms with Gasteiger partial charge in [-0.25, -0.2) is 0 Å². The summed E-state index contributed by atoms with van der Waals surface area (Å²) in [7, 11) is 0. The number of primary amides is 1. The summed E-state index contributed by atoms with van der Waals surface area (Å²) in [5.41, 5.74) is 20.4. The van der Waals surface area contributed by atoms with Crippen LogP contribution in [0.3, 0.4) is 0 Å². The number of carboxylic acids is 1. The van der Waals surface area contributed by atoms with Gasteiger partial charge in [-0.2, -0.15) is 0 Å². The standard InChI is InChI=1S/C80H103N19O16S/c1-4-5-24-56-73(109)99-68(47-19-7-6-8-20-47)79(115)95-60(36-50-39-87-54-26-14-12-23-52(50)54)77(113)98-67(44(2)3)78(114)97-63(69(82)105)42-116-43-65(102)90-58(34-45-29-30-46-18-9-10-21-48(46)33-45)74(110)92-57(28-17-32-85-80(83)84)72(108)96-62(41-100)70(106)88-40-64(101)89-55(27-15-16-31-81)71(107)94-61(37-66(103)104)76(112)93-59(75(111)91-56)35-49-38-86-53-25-13-11-22-51(49)53/h6-14,18-23,25-26,29-30,33,38-39,44,55-63,67-68,86-87,100H,4-5,15-17,24,27-28,31-32,34-37,40-43,81H2,1-3H3,(H2,82,105)(H,88,106)(H,89,101)(H,90,102)(H,91,111)(H,92,110)(H,93,112)(H,94,107)(H,95,115)(H,96,108)(H,97,114)(H,98,113)(H,99,109)(H,103,104)(H4,83,84,85)/t55-,56-,57-,58-,59-,60-,61-,62-,63-,67-,68-/m0/s1. The number of amides is 13. The molecule has 36 heteroatoms. The Morgan fingerprint density at radius 3 is 1.60 bits per heavy atom. The minimum absolute atomic E-state index is 0.0105. The van der Waals surface area contributed by atoms with Crippen LogP contribution in [-0.2, 0) is 86.4 Å². The number of thioether (sulfide) groups is 1. The number of carbonyl (C=O) groups is 14. The van der Waals surface area contributed by atoms with Crippen LogP contribution in [0.5, 0.6) is 0 Å². The van der Waals surface area contributed by atoms with Crippen molar-refractivity contribution in [3.8, 4) is 0 Å². The SMILES string of the molecule is CCCC[C@@H]1NC(=O)[C@H](Cc2c[nH]c3ccccc23)NC(=O)[C@H](CC(=O)O)NC(=O)[C@H](CCCCN)NC(=O)CNC(=O)[C@H](CO)NC(=O)[C@H](CCCNC(=N)N)NC(=O)[C@H](Cc2ccc3ccccc3c2)NC(=O)CSC[C@@H](C(N)=O)NC(=O)[C@H](C(C)C)NC(=O)[C@H](Cc2c[nH]c3ccccc23)NC(=O)[C@H](c2ccccc2)NC1=O. The van der Waals surface area contributed by atoms with Crippen molar-refractivity contribution < 1.29 is 77.3 Å². The molecule has 8 rings (SSSR count). The second kappa shape index (κ2) is 44.3. The van der Waals surface area contributed by atoms with Crippen LogP contribution in [-0.4, -0.2) is 207 Å². The molecule has 0 radical (unpaired) electrons. The Kier molecular flexibility index (Phi) is 34.0. The number of aliphatic hydroxyl groups is 1. The minimum Gasteiger partial charge on any atom is -0.481 e. The number of fused-ring (bicyclic) bond motifs is 3. The molecule has 0 saturated carbocycles. The molecule has 0 spiro atoms. The second-order valence-corrected chi connectivity index (χ2v) is 29.6. The number of aliphatic carboxylic acids is 1. The van der Waals surface area contributed by atoms with Gasteiger partial charge in [0.05, 0.1) is 25.3 Å². The summed E-state index contributed by atoms with van der Waals surface area (Å²) < 4.78 is 0. The van der Waals surface area contributed by atoms with Gasteiger partial charge in [0.2, 0.25) is 76.8 Å². The highest BCUT2D eigenvalue weighted by molar-refractivity contribution is 8.00. The number of aromatic nitrogens is 2. The Hall–Kier alpha value is -12.4. The number of rotatable bonds is 23. The van der Waals surface area contributed by atoms with Gasteiger partial charge in [0.15, 0.2) is 5.96 Å². The quantitative estimate of drug-likeness (QED) is 0.0220. The number of guanidine groups is 1. The number of carboxylic acid groups (broad SMARTS) is 1. The van der Waals surface area contributed by atoms with Crippen LogP contribution in [0, 0.1) is 11.3 Å². The van der Waals surface area contributed by atoms with E-state index >= 15 is 19.2 Å². The molecule has 13 amide bonds. The molecule has 1 fully saturated rings. The predicted octanol–water partition coefficient (Wildman–Crippen LogP) is -0.410. The molecule has 2 aromatic heterocycles. The summed E-state index contributed by atoms with van der Waals surface area (Å²) >= 11 is 0.843. The van der Waals surface area contributed by atoms with Crippen molar-refractivity contribution in [2.45, 2.75) is 164 Å². The Balaban J connectivity index is 1.16. The maximum atomic E-state index is 15.3. The number of unbranched alkanes of at least 4 members (excludes halogenated alkanes) is 2. The number of aliphatic hydroxyl groups excluding tert-OH is 1. The first-order valence-electron chi connectivity index (χ1n) is 38.3. The summed E-state index contributed by atoms with van der Waals surface area (Å²) in [6, 6.07) is 17.3. The fourth-order valence-corrected chi connectivity index (χ4v) is 14.0. The lowest BCUT2D eigenvalue weighted by Gasteiger charge is -2.29. The van der Waals surface area contributed by atoms with Gasteiger partial charge < -0.3 is 107 Å². The van der Waals surface area contributed by atoms with Crippen LogP contribution in [0.4, 0.5) is 0 Å². The van der Waals surface area contributed by atoms with Gasteiger partial charge >= 0.3 is 5.97 Å². The van der Waals surface area contributed by atoms with Crippen LogP contribution in [0.2, 0.25) is 0 Å². The van der Waals surface area contributed by atoms with E-state index in [2.05, 4.69) is 79.1 Å². The molecule has 11 atom stereocenters. The van der Waals surface area contributed by atoms with E-state index in [1.807, 2.05) is 25.1 Å². The molecule has 116 heavy (non-hydrogen) atoms. The average Bonchev–Trinajstić information content (AvgIpc) is 1.65. The van der Waals surface area contributed by atoms with Crippen molar-refractivity contribution in [2.24, 2.45) is 23.1 Å². The van der Waals surface area contributed by atoms with Crippen LogP contribution < -0.4 is 86.3 Å². The molecule has 5 aromatic carbocycles. The van der Waals surface area contributed by atoms with Gasteiger partial charge in [-0.05, 0) is 96.1 Å². The van der Waals surface area contributed by atoms with E-state index < -0.39 is 186 Å². The number of hydrogen-bond acceptors (Lipinski definition) is 18. The maximum absolute atomic E-state index is 15.3. The van der Waals surface area contributed by atoms with E-state index in [-0.39, 0.29) is 75.8 Å². The highest BCUT2D eigenvalue weighted by Crippen LogP contribution is 2.24. The monoisotopic (exact) mass is 1620 g/mol. The number of benzene rings is 5. The number of hydrogen-bond donors (Lipinski definition) is 21. The van der Waals surface area contributed by atoms with Gasteiger partial charge in [0.25, 0.3) is 0 Å². The molecule has 24 N–H and O–H groups in total. The molecular formula is C80H103N19O16S. The lowest BCUT2D eigenvalue weighted by molar-refractivity contribution is -0.141. The van der Waals surface area contributed by atoms with E-state index in [1.54, 1.807) is 129 Å². The highest BCUT2D eigenvalue weighted by Gasteiger charge is 2.38. The molecule has 3 heterocycles. The van der Waals surface area contributed by atoms with Gasteiger partial charge in [0, 0.05) is 65.8 Å². The first-order chi connectivity index (χ1) is 55.6. The molecule has 0 bridgehead atoms. The molecule has 620 valence electrons. The number of aromatic amines is 2. The number of carbonyl (C=O) groups excluding carboxylic acids is 13. The van der Waals surface area contributed by atoms with Crippen LogP contribution in [0.15, 0.2) is 134 Å². The van der Waals surface area contributed by atoms with Crippen molar-refractivity contribution in [3.05, 3.63) is 156 Å². The first-order valence-corrected chi connectivity index (χ1v) is 39.5. The minimum atomic E-state index is -1.96. The molecule has 1 saturated heterocycles. The molecule has 1 aliphatic heterocycles. The summed E-state index contributed by atoms with van der Waals surface area (Å²) in [6.07, 6.45) is 2.44. The van der Waals surface area contributed by atoms with Crippen molar-refractivity contribution in [1.29, 1.82) is 5.41 Å². The van der Waals surface area contributed by atoms with Crippen molar-refractivity contribution in [3.63, 3.8) is 0 Å². The highest BCUT2D eigenvalue weighted by atomic mass is 32.2. The zero-order valence-corrected chi connectivity index (χ0v) is 65.4. The van der Waals surface area contributed by atoms with Gasteiger partial charge in [0.1, 0.15) is 66.5 Å². The third-order valence-corrected chi connectivity index (χ3v) is 20.5. The van der Waals surface area contributed by atoms with Crippen LogP contribution in [0.1, 0.15) is 107 Å². The van der Waals surface area contributed by atoms with E-state index in [9.17, 15) is 58.2 Å². The first kappa shape index (κ1) is 89.1. The van der Waals surface area contributed by atoms with Crippen LogP contribution in [0.25, 0.3) is 32.6 Å². The van der Waals surface area contributed by atoms with Crippen molar-refractivity contribution >= 4 is 133 Å². The summed E-state index contributed by atoms with van der Waals surface area (Å²) in [4.78, 5) is 208. The summed E-state index contributed by atoms with van der Waals surface area (Å²) in [6.45, 7) is 3.22. The summed E-state index contributed by atoms with van der Waals surface area (Å²) in [5.74, 6) is -16.2. The number of nitrogens with one attached hydrogen (secondary N) is 16. The van der Waals surface area contributed by atoms with Crippen molar-refractivity contribution in [2.75, 3.05) is 37.7 Å². The fourth-order valence-electron chi connectivity index (χ4n) is 13.2.